The minimum atomic E-state index is -0.0273. The van der Waals surface area contributed by atoms with E-state index in [1.54, 1.807) is 0 Å². The van der Waals surface area contributed by atoms with Crippen molar-refractivity contribution >= 4 is 11.6 Å². The summed E-state index contributed by atoms with van der Waals surface area (Å²) in [5, 5.41) is 8.14. The van der Waals surface area contributed by atoms with E-state index in [0.717, 1.165) is 25.1 Å². The van der Waals surface area contributed by atoms with Crippen LogP contribution in [-0.4, -0.2) is 15.0 Å². The van der Waals surface area contributed by atoms with Crippen LogP contribution in [0.5, 0.6) is 0 Å². The fraction of sp³-hybridized carbons (Fsp3) is 0.385. The number of hydrogen-bond donors (Lipinski definition) is 0. The van der Waals surface area contributed by atoms with Gasteiger partial charge in [-0.1, -0.05) is 42.5 Å². The van der Waals surface area contributed by atoms with Crippen molar-refractivity contribution in [1.29, 1.82) is 0 Å². The largest absolute Gasteiger partial charge is 0.252 e. The lowest BCUT2D eigenvalue weighted by molar-refractivity contribution is 0.589. The summed E-state index contributed by atoms with van der Waals surface area (Å²) in [6.07, 6.45) is 3.77. The second kappa shape index (κ2) is 5.82. The van der Waals surface area contributed by atoms with Crippen molar-refractivity contribution in [2.75, 3.05) is 0 Å². The molecule has 1 atom stereocenters. The van der Waals surface area contributed by atoms with Gasteiger partial charge < -0.3 is 0 Å². The number of hydrogen-bond acceptors (Lipinski definition) is 2. The van der Waals surface area contributed by atoms with E-state index >= 15 is 0 Å². The molecule has 0 aliphatic heterocycles. The van der Waals surface area contributed by atoms with E-state index in [0.29, 0.717) is 0 Å². The molecule has 0 amide bonds. The predicted octanol–water partition coefficient (Wildman–Crippen LogP) is 3.21. The summed E-state index contributed by atoms with van der Waals surface area (Å²) in [5.74, 6) is 0. The molecule has 1 unspecified atom stereocenters. The summed E-state index contributed by atoms with van der Waals surface area (Å²) >= 11 is 6.11. The van der Waals surface area contributed by atoms with Gasteiger partial charge in [-0.25, -0.2) is 0 Å². The Balaban J connectivity index is 1.94. The van der Waals surface area contributed by atoms with Crippen molar-refractivity contribution in [3.63, 3.8) is 0 Å². The standard InChI is InChI=1S/C13H16ClN3/c1-2-12(14)13-10-17(16-15-13)9-8-11-6-4-3-5-7-11/h3-7,10,12H,2,8-9H2,1H3. The lowest BCUT2D eigenvalue weighted by Crippen LogP contribution is -2.01. The van der Waals surface area contributed by atoms with Crippen LogP contribution in [0.15, 0.2) is 36.5 Å². The first kappa shape index (κ1) is 12.1. The number of benzene rings is 1. The van der Waals surface area contributed by atoms with Gasteiger partial charge >= 0.3 is 0 Å². The quantitative estimate of drug-likeness (QED) is 0.762. The Labute approximate surface area is 106 Å². The van der Waals surface area contributed by atoms with Crippen LogP contribution in [0.3, 0.4) is 0 Å². The highest BCUT2D eigenvalue weighted by atomic mass is 35.5. The summed E-state index contributed by atoms with van der Waals surface area (Å²) in [4.78, 5) is 0. The molecule has 1 aromatic carbocycles. The fourth-order valence-electron chi connectivity index (χ4n) is 1.66. The van der Waals surface area contributed by atoms with Crippen molar-refractivity contribution in [2.45, 2.75) is 31.7 Å². The van der Waals surface area contributed by atoms with Crippen LogP contribution < -0.4 is 0 Å². The van der Waals surface area contributed by atoms with Crippen molar-refractivity contribution in [3.05, 3.63) is 47.8 Å². The molecule has 0 saturated heterocycles. The second-order valence-corrected chi connectivity index (χ2v) is 4.54. The van der Waals surface area contributed by atoms with Gasteiger partial charge in [0.15, 0.2) is 0 Å². The van der Waals surface area contributed by atoms with Crippen LogP contribution >= 0.6 is 11.6 Å². The van der Waals surface area contributed by atoms with Gasteiger partial charge in [-0.3, -0.25) is 4.68 Å². The monoisotopic (exact) mass is 249 g/mol. The van der Waals surface area contributed by atoms with E-state index in [1.165, 1.54) is 5.56 Å². The first-order valence-electron chi connectivity index (χ1n) is 5.87. The lowest BCUT2D eigenvalue weighted by atomic mass is 10.1. The van der Waals surface area contributed by atoms with Gasteiger partial charge in [-0.15, -0.1) is 16.7 Å². The third-order valence-electron chi connectivity index (χ3n) is 2.71. The molecule has 0 bridgehead atoms. The molecular formula is C13H16ClN3. The van der Waals surface area contributed by atoms with E-state index in [-0.39, 0.29) is 5.38 Å². The number of alkyl halides is 1. The van der Waals surface area contributed by atoms with Crippen LogP contribution in [-0.2, 0) is 13.0 Å². The maximum absolute atomic E-state index is 6.11. The van der Waals surface area contributed by atoms with E-state index in [1.807, 2.05) is 36.0 Å². The predicted molar refractivity (Wildman–Crippen MR) is 69.1 cm³/mol. The minimum absolute atomic E-state index is 0.0273. The first-order chi connectivity index (χ1) is 8.29. The van der Waals surface area contributed by atoms with Crippen LogP contribution in [0.1, 0.15) is 30.0 Å². The molecule has 0 radical (unpaired) electrons. The molecule has 2 aromatic rings. The highest BCUT2D eigenvalue weighted by molar-refractivity contribution is 6.20. The van der Waals surface area contributed by atoms with Crippen molar-refractivity contribution in [1.82, 2.24) is 15.0 Å². The molecule has 0 aliphatic rings. The number of aryl methyl sites for hydroxylation is 2. The zero-order valence-electron chi connectivity index (χ0n) is 9.88. The zero-order valence-corrected chi connectivity index (χ0v) is 10.6. The molecule has 1 heterocycles. The average molecular weight is 250 g/mol. The second-order valence-electron chi connectivity index (χ2n) is 4.02. The molecule has 0 N–H and O–H groups in total. The molecule has 0 fully saturated rings. The molecule has 90 valence electrons. The third kappa shape index (κ3) is 3.30. The molecule has 0 aliphatic carbocycles. The number of halogens is 1. The zero-order chi connectivity index (χ0) is 12.1. The maximum atomic E-state index is 6.11. The minimum Gasteiger partial charge on any atom is -0.252 e. The Morgan fingerprint density at radius 1 is 1.29 bits per heavy atom. The Morgan fingerprint density at radius 3 is 2.76 bits per heavy atom. The molecule has 0 spiro atoms. The Morgan fingerprint density at radius 2 is 2.06 bits per heavy atom. The average Bonchev–Trinajstić information content (AvgIpc) is 2.85. The highest BCUT2D eigenvalue weighted by Crippen LogP contribution is 2.20. The summed E-state index contributed by atoms with van der Waals surface area (Å²) in [7, 11) is 0. The summed E-state index contributed by atoms with van der Waals surface area (Å²) < 4.78 is 1.85. The first-order valence-corrected chi connectivity index (χ1v) is 6.31. The van der Waals surface area contributed by atoms with E-state index in [4.69, 9.17) is 11.6 Å². The Hall–Kier alpha value is -1.35. The van der Waals surface area contributed by atoms with E-state index < -0.39 is 0 Å². The molecule has 3 nitrogen and oxygen atoms in total. The van der Waals surface area contributed by atoms with Crippen molar-refractivity contribution in [2.24, 2.45) is 0 Å². The van der Waals surface area contributed by atoms with Gasteiger partial charge in [0.25, 0.3) is 0 Å². The van der Waals surface area contributed by atoms with E-state index in [9.17, 15) is 0 Å². The molecule has 4 heteroatoms. The van der Waals surface area contributed by atoms with Gasteiger partial charge in [0.2, 0.25) is 0 Å². The molecule has 2 rings (SSSR count). The highest BCUT2D eigenvalue weighted by Gasteiger charge is 2.09. The van der Waals surface area contributed by atoms with Crippen LogP contribution in [0.25, 0.3) is 0 Å². The van der Waals surface area contributed by atoms with Crippen LogP contribution in [0.2, 0.25) is 0 Å². The Kier molecular flexibility index (Phi) is 4.15. The van der Waals surface area contributed by atoms with Gasteiger partial charge in [0.1, 0.15) is 5.69 Å². The molecule has 0 saturated carbocycles. The third-order valence-corrected chi connectivity index (χ3v) is 3.24. The molecule has 17 heavy (non-hydrogen) atoms. The number of aromatic nitrogens is 3. The van der Waals surface area contributed by atoms with E-state index in [2.05, 4.69) is 22.4 Å². The summed E-state index contributed by atoms with van der Waals surface area (Å²) in [6, 6.07) is 10.4. The summed E-state index contributed by atoms with van der Waals surface area (Å²) in [5.41, 5.74) is 2.17. The van der Waals surface area contributed by atoms with Gasteiger partial charge in [0.05, 0.1) is 5.38 Å². The van der Waals surface area contributed by atoms with Gasteiger partial charge in [-0.2, -0.15) is 0 Å². The smallest absolute Gasteiger partial charge is 0.100 e. The van der Waals surface area contributed by atoms with Crippen molar-refractivity contribution in [3.8, 4) is 0 Å². The summed E-state index contributed by atoms with van der Waals surface area (Å²) in [6.45, 7) is 2.88. The van der Waals surface area contributed by atoms with Crippen molar-refractivity contribution < 1.29 is 0 Å². The lowest BCUT2D eigenvalue weighted by Gasteiger charge is -2.01. The van der Waals surface area contributed by atoms with Gasteiger partial charge in [-0.05, 0) is 18.4 Å². The molecule has 1 aromatic heterocycles. The van der Waals surface area contributed by atoms with Gasteiger partial charge in [0, 0.05) is 12.7 Å². The number of rotatable bonds is 5. The normalized spacial score (nSPS) is 12.6. The topological polar surface area (TPSA) is 30.7 Å². The Bertz CT molecular complexity index is 453. The SMILES string of the molecule is CCC(Cl)c1cn(CCc2ccccc2)nn1. The fourth-order valence-corrected chi connectivity index (χ4v) is 1.76. The molecular weight excluding hydrogens is 234 g/mol. The van der Waals surface area contributed by atoms with Crippen LogP contribution in [0.4, 0.5) is 0 Å². The van der Waals surface area contributed by atoms with Crippen LogP contribution in [0, 0.1) is 0 Å². The maximum Gasteiger partial charge on any atom is 0.100 e. The number of nitrogens with zero attached hydrogens (tertiary/aromatic N) is 3.